The van der Waals surface area contributed by atoms with Crippen molar-refractivity contribution in [3.63, 3.8) is 0 Å². The molecule has 0 spiro atoms. The van der Waals surface area contributed by atoms with E-state index in [0.29, 0.717) is 32.0 Å². The lowest BCUT2D eigenvalue weighted by atomic mass is 10.1. The first kappa shape index (κ1) is 18.3. The summed E-state index contributed by atoms with van der Waals surface area (Å²) in [6.45, 7) is 6.17. The first-order chi connectivity index (χ1) is 11.5. The van der Waals surface area contributed by atoms with Crippen molar-refractivity contribution in [3.05, 3.63) is 29.3 Å². The van der Waals surface area contributed by atoms with Crippen LogP contribution in [-0.4, -0.2) is 47.6 Å². The molecule has 0 saturated carbocycles. The number of hydrogen-bond donors (Lipinski definition) is 2. The molecule has 0 atom stereocenters. The van der Waals surface area contributed by atoms with Gasteiger partial charge in [0.2, 0.25) is 5.91 Å². The number of benzene rings is 1. The van der Waals surface area contributed by atoms with Crippen LogP contribution in [0.15, 0.2) is 18.2 Å². The highest BCUT2D eigenvalue weighted by Crippen LogP contribution is 2.24. The molecule has 1 aliphatic rings. The molecule has 132 valence electrons. The predicted octanol–water partition coefficient (Wildman–Crippen LogP) is 2.27. The first-order valence-corrected chi connectivity index (χ1v) is 8.47. The largest absolute Gasteiger partial charge is 0.493 e. The van der Waals surface area contributed by atoms with Crippen molar-refractivity contribution >= 4 is 11.9 Å². The Morgan fingerprint density at radius 1 is 1.25 bits per heavy atom. The van der Waals surface area contributed by atoms with Gasteiger partial charge in [-0.25, -0.2) is 4.79 Å². The third kappa shape index (κ3) is 5.23. The van der Waals surface area contributed by atoms with Gasteiger partial charge in [-0.2, -0.15) is 0 Å². The van der Waals surface area contributed by atoms with Gasteiger partial charge in [-0.1, -0.05) is 6.07 Å². The fourth-order valence-electron chi connectivity index (χ4n) is 2.65. The smallest absolute Gasteiger partial charge is 0.335 e. The number of amides is 1. The number of carbonyl (C=O) groups excluding carboxylic acids is 1. The van der Waals surface area contributed by atoms with Crippen LogP contribution in [0.4, 0.5) is 0 Å². The molecule has 0 bridgehead atoms. The molecule has 2 rings (SSSR count). The minimum Gasteiger partial charge on any atom is -0.493 e. The molecule has 1 heterocycles. The van der Waals surface area contributed by atoms with Gasteiger partial charge >= 0.3 is 5.97 Å². The Balaban J connectivity index is 2.28. The number of hydrogen-bond acceptors (Lipinski definition) is 4. The molecule has 0 unspecified atom stereocenters. The van der Waals surface area contributed by atoms with Crippen LogP contribution in [-0.2, 0) is 11.3 Å². The van der Waals surface area contributed by atoms with Gasteiger partial charge in [0.25, 0.3) is 0 Å². The van der Waals surface area contributed by atoms with Gasteiger partial charge in [-0.05, 0) is 45.2 Å². The Hall–Kier alpha value is -2.08. The van der Waals surface area contributed by atoms with E-state index in [1.54, 1.807) is 18.2 Å². The summed E-state index contributed by atoms with van der Waals surface area (Å²) in [4.78, 5) is 25.4. The average molecular weight is 334 g/mol. The van der Waals surface area contributed by atoms with Crippen LogP contribution in [0.25, 0.3) is 0 Å². The second kappa shape index (κ2) is 8.68. The van der Waals surface area contributed by atoms with Crippen LogP contribution in [0.3, 0.4) is 0 Å². The maximum absolute atomic E-state index is 12.1. The summed E-state index contributed by atoms with van der Waals surface area (Å²) in [5.41, 5.74) is 1.12. The molecule has 0 radical (unpaired) electrons. The zero-order valence-corrected chi connectivity index (χ0v) is 14.4. The van der Waals surface area contributed by atoms with Crippen molar-refractivity contribution in [3.8, 4) is 5.75 Å². The highest BCUT2D eigenvalue weighted by Gasteiger charge is 2.18. The molecular formula is C18H26N2O4. The molecule has 0 saturated heterocycles. The molecule has 6 nitrogen and oxygen atoms in total. The lowest BCUT2D eigenvalue weighted by Crippen LogP contribution is -2.40. The van der Waals surface area contributed by atoms with Gasteiger partial charge in [0.05, 0.1) is 18.7 Å². The third-order valence-corrected chi connectivity index (χ3v) is 4.17. The lowest BCUT2D eigenvalue weighted by Gasteiger charge is -2.26. The standard InChI is InChI=1S/C18H26N2O4/c1-13(2)20-11-15-7-6-14(18(22)23)10-16(15)24-9-5-3-4-8-19-17(21)12-20/h6-7,10,13H,3-5,8-9,11-12H2,1-2H3,(H,19,21)(H,22,23). The summed E-state index contributed by atoms with van der Waals surface area (Å²) < 4.78 is 5.85. The number of rotatable bonds is 2. The van der Waals surface area contributed by atoms with E-state index in [-0.39, 0.29) is 17.5 Å². The molecule has 1 amide bonds. The molecule has 1 aliphatic heterocycles. The topological polar surface area (TPSA) is 78.9 Å². The van der Waals surface area contributed by atoms with Crippen molar-refractivity contribution in [1.29, 1.82) is 0 Å². The van der Waals surface area contributed by atoms with Gasteiger partial charge in [0.1, 0.15) is 5.75 Å². The van der Waals surface area contributed by atoms with Crippen molar-refractivity contribution in [2.75, 3.05) is 19.7 Å². The summed E-state index contributed by atoms with van der Waals surface area (Å²) in [6.07, 6.45) is 2.75. The second-order valence-corrected chi connectivity index (χ2v) is 6.39. The van der Waals surface area contributed by atoms with Crippen LogP contribution in [0.2, 0.25) is 0 Å². The van der Waals surface area contributed by atoms with Crippen molar-refractivity contribution < 1.29 is 19.4 Å². The minimum atomic E-state index is -0.968. The molecule has 2 N–H and O–H groups in total. The van der Waals surface area contributed by atoms with E-state index in [0.717, 1.165) is 24.8 Å². The van der Waals surface area contributed by atoms with Gasteiger partial charge < -0.3 is 15.2 Å². The van der Waals surface area contributed by atoms with E-state index >= 15 is 0 Å². The van der Waals surface area contributed by atoms with Gasteiger partial charge in [0.15, 0.2) is 0 Å². The van der Waals surface area contributed by atoms with E-state index in [4.69, 9.17) is 4.74 Å². The minimum absolute atomic E-state index is 0.0209. The van der Waals surface area contributed by atoms with E-state index in [1.165, 1.54) is 0 Å². The molecule has 1 aromatic rings. The highest BCUT2D eigenvalue weighted by molar-refractivity contribution is 5.88. The van der Waals surface area contributed by atoms with E-state index in [1.807, 2.05) is 13.8 Å². The van der Waals surface area contributed by atoms with E-state index in [9.17, 15) is 14.7 Å². The van der Waals surface area contributed by atoms with Crippen molar-refractivity contribution in [2.24, 2.45) is 0 Å². The summed E-state index contributed by atoms with van der Waals surface area (Å²) >= 11 is 0. The molecular weight excluding hydrogens is 308 g/mol. The van der Waals surface area contributed by atoms with Gasteiger partial charge in [-0.15, -0.1) is 0 Å². The quantitative estimate of drug-likeness (QED) is 0.867. The first-order valence-electron chi connectivity index (χ1n) is 8.47. The van der Waals surface area contributed by atoms with Crippen molar-refractivity contribution in [1.82, 2.24) is 10.2 Å². The fourth-order valence-corrected chi connectivity index (χ4v) is 2.65. The number of fused-ring (bicyclic) bond motifs is 1. The summed E-state index contributed by atoms with van der Waals surface area (Å²) in [6, 6.07) is 5.14. The Morgan fingerprint density at radius 2 is 2.04 bits per heavy atom. The van der Waals surface area contributed by atoms with Crippen molar-refractivity contribution in [2.45, 2.75) is 45.7 Å². The molecule has 1 aromatic carbocycles. The monoisotopic (exact) mass is 334 g/mol. The summed E-state index contributed by atoms with van der Waals surface area (Å²) in [5, 5.41) is 12.1. The van der Waals surface area contributed by atoms with Gasteiger partial charge in [0, 0.05) is 24.7 Å². The fraction of sp³-hybridized carbons (Fsp3) is 0.556. The van der Waals surface area contributed by atoms with Crippen LogP contribution in [0.5, 0.6) is 5.75 Å². The Morgan fingerprint density at radius 3 is 2.75 bits per heavy atom. The van der Waals surface area contributed by atoms with Crippen LogP contribution >= 0.6 is 0 Å². The molecule has 0 aliphatic carbocycles. The van der Waals surface area contributed by atoms with E-state index in [2.05, 4.69) is 10.2 Å². The van der Waals surface area contributed by atoms with Crippen LogP contribution < -0.4 is 10.1 Å². The number of aromatic carboxylic acids is 1. The SMILES string of the molecule is CC(C)N1CC(=O)NCCCCCOc2cc(C(=O)O)ccc2C1. The maximum atomic E-state index is 12.1. The number of nitrogens with one attached hydrogen (secondary N) is 1. The zero-order chi connectivity index (χ0) is 17.5. The maximum Gasteiger partial charge on any atom is 0.335 e. The van der Waals surface area contributed by atoms with Gasteiger partial charge in [-0.3, -0.25) is 9.69 Å². The number of carbonyl (C=O) groups is 2. The lowest BCUT2D eigenvalue weighted by molar-refractivity contribution is -0.122. The summed E-state index contributed by atoms with van der Waals surface area (Å²) in [7, 11) is 0. The Labute approximate surface area is 142 Å². The second-order valence-electron chi connectivity index (χ2n) is 6.39. The number of nitrogens with zero attached hydrogens (tertiary/aromatic N) is 1. The normalized spacial score (nSPS) is 17.7. The predicted molar refractivity (Wildman–Crippen MR) is 91.3 cm³/mol. The Kier molecular flexibility index (Phi) is 6.61. The number of carboxylic acid groups (broad SMARTS) is 1. The van der Waals surface area contributed by atoms with Crippen LogP contribution in [0.1, 0.15) is 49.0 Å². The Bertz CT molecular complexity index is 586. The van der Waals surface area contributed by atoms with E-state index < -0.39 is 5.97 Å². The third-order valence-electron chi connectivity index (χ3n) is 4.17. The highest BCUT2D eigenvalue weighted by atomic mass is 16.5. The number of carboxylic acids is 1. The molecule has 0 aromatic heterocycles. The molecule has 6 heteroatoms. The molecule has 0 fully saturated rings. The average Bonchev–Trinajstić information content (AvgIpc) is 2.54. The van der Waals surface area contributed by atoms with Crippen LogP contribution in [0, 0.1) is 0 Å². The summed E-state index contributed by atoms with van der Waals surface area (Å²) in [5.74, 6) is -0.350. The number of ether oxygens (including phenoxy) is 1. The zero-order valence-electron chi connectivity index (χ0n) is 14.4. The molecule has 24 heavy (non-hydrogen) atoms.